The first-order valence-electron chi connectivity index (χ1n) is 11.2. The number of unbranched alkanes of at least 4 members (excludes halogenated alkanes) is 1. The van der Waals surface area contributed by atoms with Crippen LogP contribution < -0.4 is 10.3 Å². The molecular weight excluding hydrogens is 480 g/mol. The van der Waals surface area contributed by atoms with Gasteiger partial charge in [0.1, 0.15) is 11.3 Å². The van der Waals surface area contributed by atoms with E-state index >= 15 is 0 Å². The molecule has 34 heavy (non-hydrogen) atoms. The van der Waals surface area contributed by atoms with E-state index in [4.69, 9.17) is 26.3 Å². The average Bonchev–Trinajstić information content (AvgIpc) is 3.60. The summed E-state index contributed by atoms with van der Waals surface area (Å²) in [6.45, 7) is 5.12. The predicted molar refractivity (Wildman–Crippen MR) is 126 cm³/mol. The van der Waals surface area contributed by atoms with Crippen molar-refractivity contribution in [1.82, 2.24) is 4.57 Å². The van der Waals surface area contributed by atoms with Gasteiger partial charge in [-0.3, -0.25) is 4.79 Å². The van der Waals surface area contributed by atoms with E-state index in [1.807, 2.05) is 6.07 Å². The number of nitrogens with zero attached hydrogens (tertiary/aromatic N) is 2. The van der Waals surface area contributed by atoms with Crippen LogP contribution in [0.2, 0.25) is 5.02 Å². The zero-order valence-electron chi connectivity index (χ0n) is 19.1. The molecule has 1 aliphatic heterocycles. The van der Waals surface area contributed by atoms with E-state index in [-0.39, 0.29) is 33.9 Å². The Balaban J connectivity index is 1.93. The number of hydrogen-bond donors (Lipinski definition) is 0. The summed E-state index contributed by atoms with van der Waals surface area (Å²) < 4.78 is 39.4. The predicted octanol–water partition coefficient (Wildman–Crippen LogP) is 4.60. The second kappa shape index (κ2) is 9.08. The van der Waals surface area contributed by atoms with E-state index in [0.29, 0.717) is 29.7 Å². The van der Waals surface area contributed by atoms with Crippen LogP contribution in [0.15, 0.2) is 27.9 Å². The molecule has 2 heterocycles. The van der Waals surface area contributed by atoms with Gasteiger partial charge >= 0.3 is 5.97 Å². The molecule has 8 nitrogen and oxygen atoms in total. The van der Waals surface area contributed by atoms with E-state index in [9.17, 15) is 18.0 Å². The maximum atomic E-state index is 13.5. The molecule has 1 unspecified atom stereocenters. The molecular formula is C24H25ClN2O6S. The van der Waals surface area contributed by atoms with Gasteiger partial charge in [-0.15, -0.1) is 0 Å². The van der Waals surface area contributed by atoms with Gasteiger partial charge in [-0.25, -0.2) is 13.2 Å². The lowest BCUT2D eigenvalue weighted by Crippen LogP contribution is -2.33. The Morgan fingerprint density at radius 3 is 2.62 bits per heavy atom. The van der Waals surface area contributed by atoms with Gasteiger partial charge in [0.05, 0.1) is 39.6 Å². The molecule has 0 amide bonds. The lowest BCUT2D eigenvalue weighted by molar-refractivity contribution is 0.0375. The van der Waals surface area contributed by atoms with Crippen molar-refractivity contribution in [3.8, 4) is 23.1 Å². The normalized spacial score (nSPS) is 18.1. The Kier molecular flexibility index (Phi) is 6.49. The van der Waals surface area contributed by atoms with Crippen molar-refractivity contribution in [1.29, 1.82) is 5.26 Å². The van der Waals surface area contributed by atoms with Crippen molar-refractivity contribution in [3.63, 3.8) is 0 Å². The smallest absolute Gasteiger partial charge is 0.344 e. The number of carbonyl (C=O) groups is 1. The van der Waals surface area contributed by atoms with Gasteiger partial charge in [-0.05, 0) is 57.7 Å². The van der Waals surface area contributed by atoms with Gasteiger partial charge in [0, 0.05) is 24.1 Å². The molecule has 1 aromatic heterocycles. The fourth-order valence-corrected chi connectivity index (χ4v) is 5.96. The number of halogens is 1. The van der Waals surface area contributed by atoms with Crippen LogP contribution in [-0.4, -0.2) is 31.7 Å². The van der Waals surface area contributed by atoms with Crippen molar-refractivity contribution in [2.45, 2.75) is 68.7 Å². The number of ether oxygens (including phenoxy) is 2. The van der Waals surface area contributed by atoms with Gasteiger partial charge in [-0.2, -0.15) is 5.26 Å². The molecule has 1 aliphatic carbocycles. The first-order chi connectivity index (χ1) is 16.1. The second-order valence-corrected chi connectivity index (χ2v) is 11.4. The first kappa shape index (κ1) is 24.3. The van der Waals surface area contributed by atoms with Gasteiger partial charge in [0.2, 0.25) is 0 Å². The number of sulfone groups is 1. The Morgan fingerprint density at radius 1 is 1.29 bits per heavy atom. The van der Waals surface area contributed by atoms with Crippen LogP contribution >= 0.6 is 11.6 Å². The largest absolute Gasteiger partial charge is 0.492 e. The number of rotatable bonds is 7. The Bertz CT molecular complexity index is 1370. The summed E-state index contributed by atoms with van der Waals surface area (Å²) in [6.07, 6.45) is 1.86. The van der Waals surface area contributed by atoms with Crippen molar-refractivity contribution < 1.29 is 22.7 Å². The van der Waals surface area contributed by atoms with Crippen molar-refractivity contribution in [2.24, 2.45) is 0 Å². The van der Waals surface area contributed by atoms with E-state index in [2.05, 4.69) is 0 Å². The summed E-state index contributed by atoms with van der Waals surface area (Å²) in [5.41, 5.74) is 0.471. The quantitative estimate of drug-likeness (QED) is 0.399. The Morgan fingerprint density at radius 2 is 2.00 bits per heavy atom. The minimum Gasteiger partial charge on any atom is -0.492 e. The summed E-state index contributed by atoms with van der Waals surface area (Å²) in [5.74, 6) is -0.568. The third-order valence-corrected chi connectivity index (χ3v) is 8.36. The average molecular weight is 505 g/mol. The zero-order chi connectivity index (χ0) is 24.8. The molecule has 1 fully saturated rings. The molecule has 0 N–H and O–H groups in total. The van der Waals surface area contributed by atoms with Gasteiger partial charge in [0.15, 0.2) is 9.84 Å². The minimum atomic E-state index is -3.87. The van der Waals surface area contributed by atoms with E-state index in [1.54, 1.807) is 20.8 Å². The number of nitriles is 1. The number of fused-ring (bicyclic) bond motifs is 3. The van der Waals surface area contributed by atoms with Crippen molar-refractivity contribution in [3.05, 3.63) is 44.7 Å². The van der Waals surface area contributed by atoms with E-state index < -0.39 is 32.7 Å². The van der Waals surface area contributed by atoms with Crippen LogP contribution in [0.4, 0.5) is 0 Å². The number of benzene rings is 1. The standard InChI is InChI=1S/C24H25ClN2O6S/c1-13(2)33-24(29)18-10-16-14(3)34(30,31)21-12-20(32-9-5-4-8-26)19(25)11-17(21)22(16)27(23(18)28)15-6-7-15/h10-15H,4-7,9H2,1-3H3. The Labute approximate surface area is 203 Å². The maximum absolute atomic E-state index is 13.5. The van der Waals surface area contributed by atoms with Crippen LogP contribution in [0.5, 0.6) is 5.75 Å². The molecule has 0 bridgehead atoms. The van der Waals surface area contributed by atoms with Crippen molar-refractivity contribution >= 4 is 27.4 Å². The number of carbonyl (C=O) groups excluding carboxylic acids is 1. The fraction of sp³-hybridized carbons (Fsp3) is 0.458. The molecule has 180 valence electrons. The SMILES string of the molecule is CC(C)OC(=O)c1cc2c(n(C3CC3)c1=O)-c1cc(Cl)c(OCCCC#N)cc1S(=O)(=O)C2C. The Hall–Kier alpha value is -2.83. The van der Waals surface area contributed by atoms with E-state index in [0.717, 1.165) is 12.8 Å². The number of pyridine rings is 1. The maximum Gasteiger partial charge on any atom is 0.344 e. The third-order valence-electron chi connectivity index (χ3n) is 5.93. The summed E-state index contributed by atoms with van der Waals surface area (Å²) in [7, 11) is -3.87. The number of aromatic nitrogens is 1. The number of esters is 1. The second-order valence-electron chi connectivity index (χ2n) is 8.80. The fourth-order valence-electron chi connectivity index (χ4n) is 4.11. The lowest BCUT2D eigenvalue weighted by Gasteiger charge is -2.29. The molecule has 1 aromatic carbocycles. The lowest BCUT2D eigenvalue weighted by atomic mass is 9.99. The highest BCUT2D eigenvalue weighted by Gasteiger charge is 2.41. The van der Waals surface area contributed by atoms with Crippen LogP contribution in [0.1, 0.15) is 73.7 Å². The van der Waals surface area contributed by atoms with Gasteiger partial charge in [0.25, 0.3) is 5.56 Å². The van der Waals surface area contributed by atoms with Crippen LogP contribution in [0, 0.1) is 11.3 Å². The highest BCUT2D eigenvalue weighted by molar-refractivity contribution is 7.92. The van der Waals surface area contributed by atoms with E-state index in [1.165, 1.54) is 22.8 Å². The number of hydrogen-bond acceptors (Lipinski definition) is 7. The summed E-state index contributed by atoms with van der Waals surface area (Å²) in [6, 6.07) is 6.14. The summed E-state index contributed by atoms with van der Waals surface area (Å²) in [4.78, 5) is 26.1. The first-order valence-corrected chi connectivity index (χ1v) is 13.1. The van der Waals surface area contributed by atoms with Gasteiger partial charge < -0.3 is 14.0 Å². The molecule has 4 rings (SSSR count). The topological polar surface area (TPSA) is 115 Å². The van der Waals surface area contributed by atoms with Gasteiger partial charge in [-0.1, -0.05) is 11.6 Å². The molecule has 1 saturated carbocycles. The van der Waals surface area contributed by atoms with Crippen LogP contribution in [-0.2, 0) is 14.6 Å². The molecule has 10 heteroatoms. The molecule has 2 aromatic rings. The van der Waals surface area contributed by atoms with Crippen LogP contribution in [0.3, 0.4) is 0 Å². The molecule has 2 aliphatic rings. The third kappa shape index (κ3) is 4.21. The minimum absolute atomic E-state index is 0.0264. The summed E-state index contributed by atoms with van der Waals surface area (Å²) in [5, 5.41) is 7.89. The molecule has 0 saturated heterocycles. The zero-order valence-corrected chi connectivity index (χ0v) is 20.7. The monoisotopic (exact) mass is 504 g/mol. The highest BCUT2D eigenvalue weighted by atomic mass is 35.5. The summed E-state index contributed by atoms with van der Waals surface area (Å²) >= 11 is 6.45. The highest BCUT2D eigenvalue weighted by Crippen LogP contribution is 2.49. The van der Waals surface area contributed by atoms with Crippen molar-refractivity contribution in [2.75, 3.05) is 6.61 Å². The molecule has 1 atom stereocenters. The van der Waals surface area contributed by atoms with Crippen LogP contribution in [0.25, 0.3) is 11.3 Å². The molecule has 0 radical (unpaired) electrons. The molecule has 0 spiro atoms.